The second-order valence-electron chi connectivity index (χ2n) is 9.94. The van der Waals surface area contributed by atoms with Gasteiger partial charge in [0.25, 0.3) is 11.8 Å². The first-order chi connectivity index (χ1) is 19.5. The normalized spacial score (nSPS) is 20.1. The minimum absolute atomic E-state index is 0.0693. The van der Waals surface area contributed by atoms with E-state index in [-0.39, 0.29) is 36.3 Å². The molecule has 0 radical (unpaired) electrons. The predicted molar refractivity (Wildman–Crippen MR) is 149 cm³/mol. The van der Waals surface area contributed by atoms with E-state index >= 15 is 0 Å². The van der Waals surface area contributed by atoms with E-state index in [1.165, 1.54) is 7.11 Å². The van der Waals surface area contributed by atoms with Gasteiger partial charge in [0.1, 0.15) is 17.2 Å². The van der Waals surface area contributed by atoms with E-state index in [2.05, 4.69) is 10.6 Å². The lowest BCUT2D eigenvalue weighted by atomic mass is 10.00. The molecule has 9 heteroatoms. The highest BCUT2D eigenvalue weighted by Crippen LogP contribution is 2.29. The van der Waals surface area contributed by atoms with Crippen molar-refractivity contribution in [2.45, 2.75) is 38.0 Å². The van der Waals surface area contributed by atoms with E-state index in [1.54, 1.807) is 35.2 Å². The Balaban J connectivity index is 1.36. The molecule has 9 nitrogen and oxygen atoms in total. The summed E-state index contributed by atoms with van der Waals surface area (Å²) >= 11 is 0. The molecule has 2 heterocycles. The van der Waals surface area contributed by atoms with Crippen molar-refractivity contribution >= 4 is 17.7 Å². The lowest BCUT2D eigenvalue weighted by molar-refractivity contribution is -0.124. The Labute approximate surface area is 233 Å². The summed E-state index contributed by atoms with van der Waals surface area (Å²) in [5.74, 6) is 1.06. The zero-order valence-corrected chi connectivity index (χ0v) is 22.4. The van der Waals surface area contributed by atoms with Crippen LogP contribution in [0.15, 0.2) is 72.8 Å². The average molecular weight is 544 g/mol. The molecule has 3 aromatic carbocycles. The maximum Gasteiger partial charge on any atom is 0.253 e. The number of benzene rings is 3. The smallest absolute Gasteiger partial charge is 0.253 e. The van der Waals surface area contributed by atoms with Gasteiger partial charge >= 0.3 is 0 Å². The summed E-state index contributed by atoms with van der Waals surface area (Å²) in [6.45, 7) is 1.51. The van der Waals surface area contributed by atoms with Crippen LogP contribution in [-0.2, 0) is 16.1 Å². The summed E-state index contributed by atoms with van der Waals surface area (Å²) in [4.78, 5) is 40.6. The summed E-state index contributed by atoms with van der Waals surface area (Å²) in [7, 11) is 1.53. The first-order valence-electron chi connectivity index (χ1n) is 13.5. The van der Waals surface area contributed by atoms with Gasteiger partial charge in [-0.15, -0.1) is 0 Å². The van der Waals surface area contributed by atoms with Crippen molar-refractivity contribution in [1.82, 2.24) is 15.5 Å². The molecule has 0 unspecified atom stereocenters. The van der Waals surface area contributed by atoms with Gasteiger partial charge in [-0.05, 0) is 54.8 Å². The SMILES string of the molecule is COc1cc2cc(c1)C(=O)NCCCC(=O)N[C@H]1CN(C(=O)c3ccccc3)CC[C@@H]1OCc1cccc(c1)O2. The van der Waals surface area contributed by atoms with E-state index in [9.17, 15) is 14.4 Å². The van der Waals surface area contributed by atoms with E-state index in [1.807, 2.05) is 42.5 Å². The van der Waals surface area contributed by atoms with Crippen LogP contribution in [0.2, 0.25) is 0 Å². The molecule has 2 atom stereocenters. The molecule has 2 aliphatic rings. The number of fused-ring (bicyclic) bond motifs is 5. The number of nitrogens with zero attached hydrogens (tertiary/aromatic N) is 1. The van der Waals surface area contributed by atoms with Gasteiger partial charge in [0.15, 0.2) is 0 Å². The average Bonchev–Trinajstić information content (AvgIpc) is 2.98. The lowest BCUT2D eigenvalue weighted by Crippen LogP contribution is -2.57. The summed E-state index contributed by atoms with van der Waals surface area (Å²) in [6.07, 6.45) is 1.00. The molecule has 3 amide bonds. The molecular formula is C31H33N3O6. The number of piperidine rings is 1. The molecule has 40 heavy (non-hydrogen) atoms. The van der Waals surface area contributed by atoms with Crippen LogP contribution in [0.5, 0.6) is 17.2 Å². The predicted octanol–water partition coefficient (Wildman–Crippen LogP) is 3.93. The molecule has 3 aromatic rings. The van der Waals surface area contributed by atoms with Crippen LogP contribution >= 0.6 is 0 Å². The molecule has 1 saturated heterocycles. The van der Waals surface area contributed by atoms with E-state index in [0.717, 1.165) is 5.56 Å². The lowest BCUT2D eigenvalue weighted by Gasteiger charge is -2.39. The van der Waals surface area contributed by atoms with Crippen LogP contribution < -0.4 is 20.1 Å². The molecule has 2 aliphatic heterocycles. The van der Waals surface area contributed by atoms with Crippen LogP contribution in [0.4, 0.5) is 0 Å². The van der Waals surface area contributed by atoms with Crippen molar-refractivity contribution in [3.63, 3.8) is 0 Å². The monoisotopic (exact) mass is 543 g/mol. The molecule has 208 valence electrons. The largest absolute Gasteiger partial charge is 0.497 e. The highest BCUT2D eigenvalue weighted by Gasteiger charge is 2.33. The first kappa shape index (κ1) is 27.2. The summed E-state index contributed by atoms with van der Waals surface area (Å²) in [5.41, 5.74) is 1.91. The second-order valence-corrected chi connectivity index (χ2v) is 9.94. The van der Waals surface area contributed by atoms with Crippen LogP contribution in [-0.4, -0.2) is 61.5 Å². The molecule has 4 bridgehead atoms. The zero-order valence-electron chi connectivity index (χ0n) is 22.4. The van der Waals surface area contributed by atoms with E-state index in [0.29, 0.717) is 67.5 Å². The third kappa shape index (κ3) is 6.79. The molecule has 1 fully saturated rings. The number of likely N-dealkylation sites (tertiary alicyclic amines) is 1. The van der Waals surface area contributed by atoms with Gasteiger partial charge in [-0.25, -0.2) is 0 Å². The third-order valence-corrected chi connectivity index (χ3v) is 7.05. The Morgan fingerprint density at radius 2 is 1.85 bits per heavy atom. The fourth-order valence-corrected chi connectivity index (χ4v) is 4.97. The van der Waals surface area contributed by atoms with Gasteiger partial charge in [0, 0.05) is 43.2 Å². The van der Waals surface area contributed by atoms with E-state index in [4.69, 9.17) is 14.2 Å². The van der Waals surface area contributed by atoms with Crippen LogP contribution in [0, 0.1) is 0 Å². The molecule has 0 spiro atoms. The molecule has 0 saturated carbocycles. The molecular weight excluding hydrogens is 510 g/mol. The molecule has 0 aromatic heterocycles. The molecule has 0 aliphatic carbocycles. The maximum atomic E-state index is 13.1. The molecule has 2 N–H and O–H groups in total. The van der Waals surface area contributed by atoms with Crippen molar-refractivity contribution in [2.24, 2.45) is 0 Å². The number of methoxy groups -OCH3 is 1. The Morgan fingerprint density at radius 3 is 2.67 bits per heavy atom. The van der Waals surface area contributed by atoms with Crippen molar-refractivity contribution in [3.05, 3.63) is 89.5 Å². The van der Waals surface area contributed by atoms with Crippen molar-refractivity contribution in [3.8, 4) is 17.2 Å². The first-order valence-corrected chi connectivity index (χ1v) is 13.5. The van der Waals surface area contributed by atoms with Gasteiger partial charge in [-0.3, -0.25) is 14.4 Å². The highest BCUT2D eigenvalue weighted by atomic mass is 16.5. The van der Waals surface area contributed by atoms with Gasteiger partial charge < -0.3 is 29.7 Å². The highest BCUT2D eigenvalue weighted by molar-refractivity contribution is 5.95. The number of amides is 3. The number of hydrogen-bond acceptors (Lipinski definition) is 6. The number of carbonyl (C=O) groups is 3. The topological polar surface area (TPSA) is 106 Å². The number of carbonyl (C=O) groups excluding carboxylic acids is 3. The van der Waals surface area contributed by atoms with Crippen LogP contribution in [0.3, 0.4) is 0 Å². The second kappa shape index (κ2) is 12.7. The van der Waals surface area contributed by atoms with Crippen molar-refractivity contribution in [2.75, 3.05) is 26.7 Å². The van der Waals surface area contributed by atoms with Crippen LogP contribution in [0.1, 0.15) is 45.5 Å². The number of hydrogen-bond donors (Lipinski definition) is 2. The number of nitrogens with one attached hydrogen (secondary N) is 2. The summed E-state index contributed by atoms with van der Waals surface area (Å²) in [5, 5.41) is 5.95. The van der Waals surface area contributed by atoms with Gasteiger partial charge in [0.2, 0.25) is 5.91 Å². The third-order valence-electron chi connectivity index (χ3n) is 7.05. The molecule has 5 rings (SSSR count). The zero-order chi connectivity index (χ0) is 27.9. The van der Waals surface area contributed by atoms with Gasteiger partial charge in [-0.1, -0.05) is 30.3 Å². The van der Waals surface area contributed by atoms with E-state index < -0.39 is 0 Å². The Kier molecular flexibility index (Phi) is 8.61. The fourth-order valence-electron chi connectivity index (χ4n) is 4.97. The fraction of sp³-hybridized carbons (Fsp3) is 0.323. The minimum Gasteiger partial charge on any atom is -0.497 e. The Bertz CT molecular complexity index is 1360. The Hall–Kier alpha value is -4.37. The summed E-state index contributed by atoms with van der Waals surface area (Å²) < 4.78 is 17.8. The van der Waals surface area contributed by atoms with Crippen molar-refractivity contribution < 1.29 is 28.6 Å². The minimum atomic E-state index is -0.367. The standard InChI is InChI=1S/C31H33N3O6/c1-38-25-16-23-17-26(18-25)40-24-10-5-7-21(15-24)20-39-28-12-14-34(31(37)22-8-3-2-4-9-22)19-27(28)33-29(35)11-6-13-32-30(23)36/h2-5,7-10,15-18,27-28H,6,11-14,19-20H2,1H3,(H,32,36)(H,33,35)/t27-,28-/m0/s1. The maximum absolute atomic E-state index is 13.1. The van der Waals surface area contributed by atoms with Gasteiger partial charge in [0.05, 0.1) is 25.9 Å². The quantitative estimate of drug-likeness (QED) is 0.508. The van der Waals surface area contributed by atoms with Crippen LogP contribution in [0.25, 0.3) is 0 Å². The van der Waals surface area contributed by atoms with Crippen molar-refractivity contribution in [1.29, 1.82) is 0 Å². The number of rotatable bonds is 2. The number of ether oxygens (including phenoxy) is 3. The van der Waals surface area contributed by atoms with Gasteiger partial charge in [-0.2, -0.15) is 0 Å². The Morgan fingerprint density at radius 1 is 1.00 bits per heavy atom. The summed E-state index contributed by atoms with van der Waals surface area (Å²) in [6, 6.07) is 21.3.